The lowest BCUT2D eigenvalue weighted by molar-refractivity contribution is -0.148. The molecule has 4 N–H and O–H groups in total. The normalized spacial score (nSPS) is 11.7. The van der Waals surface area contributed by atoms with E-state index >= 15 is 0 Å². The molecule has 2 rings (SSSR count). The molecular weight excluding hydrogens is 348 g/mol. The predicted octanol–water partition coefficient (Wildman–Crippen LogP) is 2.52. The summed E-state index contributed by atoms with van der Waals surface area (Å²) < 4.78 is 10.1. The Morgan fingerprint density at radius 1 is 1.22 bits per heavy atom. The maximum atomic E-state index is 11.1. The molecule has 8 nitrogen and oxygen atoms in total. The van der Waals surface area contributed by atoms with Gasteiger partial charge in [0.15, 0.2) is 0 Å². The highest BCUT2D eigenvalue weighted by Crippen LogP contribution is 2.22. The number of carboxylic acids is 1. The summed E-state index contributed by atoms with van der Waals surface area (Å²) in [4.78, 5) is 19.1. The van der Waals surface area contributed by atoms with Crippen molar-refractivity contribution in [3.05, 3.63) is 48.2 Å². The summed E-state index contributed by atoms with van der Waals surface area (Å²) in [7, 11) is 1.35. The zero-order valence-electron chi connectivity index (χ0n) is 15.4. The predicted molar refractivity (Wildman–Crippen MR) is 102 cm³/mol. The molecule has 0 radical (unpaired) electrons. The van der Waals surface area contributed by atoms with Crippen LogP contribution in [0.4, 0.5) is 0 Å². The van der Waals surface area contributed by atoms with Gasteiger partial charge >= 0.3 is 12.0 Å². The third-order valence-electron chi connectivity index (χ3n) is 3.83. The van der Waals surface area contributed by atoms with Gasteiger partial charge in [-0.15, -0.1) is 0 Å². The highest BCUT2D eigenvalue weighted by atomic mass is 16.5. The van der Waals surface area contributed by atoms with Gasteiger partial charge in [0.1, 0.15) is 12.4 Å². The summed E-state index contributed by atoms with van der Waals surface area (Å²) in [6.45, 7) is 3.21. The molecule has 0 unspecified atom stereocenters. The number of nitrogens with one attached hydrogen (secondary N) is 1. The third-order valence-corrected chi connectivity index (χ3v) is 3.83. The van der Waals surface area contributed by atoms with Crippen molar-refractivity contribution >= 4 is 17.8 Å². The number of carbonyl (C=O) groups is 1. The van der Waals surface area contributed by atoms with Gasteiger partial charge in [0.05, 0.1) is 12.5 Å². The number of amidine groups is 2. The van der Waals surface area contributed by atoms with Gasteiger partial charge in [0.2, 0.25) is 5.88 Å². The molecule has 0 saturated heterocycles. The minimum Gasteiger partial charge on any atom is -0.481 e. The first-order valence-corrected chi connectivity index (χ1v) is 8.12. The lowest BCUT2D eigenvalue weighted by Crippen LogP contribution is -2.30. The second-order valence-electron chi connectivity index (χ2n) is 6.45. The molecule has 0 bridgehead atoms. The third kappa shape index (κ3) is 5.27. The first-order chi connectivity index (χ1) is 12.7. The van der Waals surface area contributed by atoms with E-state index in [9.17, 15) is 4.79 Å². The Morgan fingerprint density at radius 2 is 1.85 bits per heavy atom. The standard InChI is InChI=1S/C19H22N4O4/c1-19(2,17(24)25)11-27-15-9-8-14(10-22-15)12-4-6-13(7-5-12)16(20)23-18(21)26-3/h4-10H,11H2,1-3H3,(H,24,25)(H3,20,21,23). The summed E-state index contributed by atoms with van der Waals surface area (Å²) >= 11 is 0. The fraction of sp³-hybridized carbons (Fsp3) is 0.263. The van der Waals surface area contributed by atoms with E-state index in [0.717, 1.165) is 11.1 Å². The minimum absolute atomic E-state index is 0.0263. The van der Waals surface area contributed by atoms with Crippen molar-refractivity contribution in [3.63, 3.8) is 0 Å². The molecule has 142 valence electrons. The molecule has 1 aromatic carbocycles. The average Bonchev–Trinajstić information content (AvgIpc) is 2.66. The van der Waals surface area contributed by atoms with E-state index < -0.39 is 11.4 Å². The van der Waals surface area contributed by atoms with Gasteiger partial charge in [-0.05, 0) is 25.5 Å². The number of nitrogens with two attached hydrogens (primary N) is 1. The van der Waals surface area contributed by atoms with Crippen molar-refractivity contribution in [2.75, 3.05) is 13.7 Å². The minimum atomic E-state index is -0.989. The maximum absolute atomic E-state index is 11.1. The molecule has 1 heterocycles. The first-order valence-electron chi connectivity index (χ1n) is 8.12. The van der Waals surface area contributed by atoms with E-state index in [2.05, 4.69) is 14.7 Å². The Morgan fingerprint density at radius 3 is 2.37 bits per heavy atom. The van der Waals surface area contributed by atoms with Crippen LogP contribution in [-0.2, 0) is 9.53 Å². The van der Waals surface area contributed by atoms with Crippen LogP contribution < -0.4 is 10.5 Å². The smallest absolute Gasteiger partial charge is 0.312 e. The fourth-order valence-corrected chi connectivity index (χ4v) is 2.01. The number of rotatable bonds is 6. The van der Waals surface area contributed by atoms with E-state index in [-0.39, 0.29) is 18.5 Å². The van der Waals surface area contributed by atoms with E-state index in [4.69, 9.17) is 21.0 Å². The van der Waals surface area contributed by atoms with Crippen LogP contribution in [0.15, 0.2) is 47.6 Å². The number of pyridine rings is 1. The lowest BCUT2D eigenvalue weighted by atomic mass is 9.95. The number of aromatic nitrogens is 1. The molecule has 1 aromatic heterocycles. The van der Waals surface area contributed by atoms with Crippen molar-refractivity contribution in [3.8, 4) is 17.0 Å². The van der Waals surface area contributed by atoms with Crippen molar-refractivity contribution in [1.82, 2.24) is 4.98 Å². The zero-order valence-corrected chi connectivity index (χ0v) is 15.4. The molecule has 0 aliphatic rings. The monoisotopic (exact) mass is 370 g/mol. The molecule has 0 fully saturated rings. The van der Waals surface area contributed by atoms with Gasteiger partial charge in [0, 0.05) is 23.4 Å². The number of aliphatic carboxylic acids is 1. The van der Waals surface area contributed by atoms with Crippen LogP contribution in [-0.4, -0.2) is 41.6 Å². The largest absolute Gasteiger partial charge is 0.481 e. The van der Waals surface area contributed by atoms with Crippen molar-refractivity contribution < 1.29 is 19.4 Å². The number of methoxy groups -OCH3 is 1. The summed E-state index contributed by atoms with van der Waals surface area (Å²) in [5.74, 6) is -0.377. The highest BCUT2D eigenvalue weighted by Gasteiger charge is 2.28. The first kappa shape index (κ1) is 19.9. The van der Waals surface area contributed by atoms with Crippen molar-refractivity contribution in [2.24, 2.45) is 16.1 Å². The van der Waals surface area contributed by atoms with Gasteiger partial charge < -0.3 is 20.3 Å². The average molecular weight is 370 g/mol. The molecular formula is C19H22N4O4. The molecule has 0 atom stereocenters. The van der Waals surface area contributed by atoms with Crippen LogP contribution in [0.1, 0.15) is 19.4 Å². The Labute approximate surface area is 157 Å². The molecule has 0 spiro atoms. The summed E-state index contributed by atoms with van der Waals surface area (Å²) in [6, 6.07) is 10.6. The van der Waals surface area contributed by atoms with E-state index in [1.54, 1.807) is 38.2 Å². The Balaban J connectivity index is 2.08. The maximum Gasteiger partial charge on any atom is 0.312 e. The Kier molecular flexibility index (Phi) is 6.12. The van der Waals surface area contributed by atoms with Crippen LogP contribution in [0, 0.1) is 10.8 Å². The summed E-state index contributed by atoms with van der Waals surface area (Å²) in [5.41, 5.74) is 7.29. The molecule has 0 aliphatic carbocycles. The number of benzene rings is 1. The number of aliphatic imine (C=N–C) groups is 1. The number of hydrogen-bond acceptors (Lipinski definition) is 5. The molecule has 0 saturated carbocycles. The Bertz CT molecular complexity index is 843. The van der Waals surface area contributed by atoms with Crippen LogP contribution in [0.5, 0.6) is 5.88 Å². The van der Waals surface area contributed by atoms with Gasteiger partial charge in [-0.25, -0.2) is 10.4 Å². The SMILES string of the molecule is COC(=N)/N=C(\N)c1ccc(-c2ccc(OCC(C)(C)C(=O)O)nc2)cc1. The van der Waals surface area contributed by atoms with Gasteiger partial charge in [0.25, 0.3) is 0 Å². The molecule has 0 amide bonds. The van der Waals surface area contributed by atoms with Crippen LogP contribution in [0.3, 0.4) is 0 Å². The summed E-state index contributed by atoms with van der Waals surface area (Å²) in [5, 5.41) is 16.5. The molecule has 0 aliphatic heterocycles. The topological polar surface area (TPSA) is 131 Å². The molecule has 2 aromatic rings. The number of nitrogens with zero attached hydrogens (tertiary/aromatic N) is 2. The fourth-order valence-electron chi connectivity index (χ4n) is 2.01. The van der Waals surface area contributed by atoms with Crippen LogP contribution >= 0.6 is 0 Å². The lowest BCUT2D eigenvalue weighted by Gasteiger charge is -2.18. The van der Waals surface area contributed by atoms with Crippen molar-refractivity contribution in [1.29, 1.82) is 5.41 Å². The zero-order chi connectivity index (χ0) is 20.0. The van der Waals surface area contributed by atoms with E-state index in [0.29, 0.717) is 11.4 Å². The quantitative estimate of drug-likeness (QED) is 0.529. The number of hydrogen-bond donors (Lipinski definition) is 3. The Hall–Kier alpha value is -3.42. The van der Waals surface area contributed by atoms with Gasteiger partial charge in [-0.2, -0.15) is 4.99 Å². The summed E-state index contributed by atoms with van der Waals surface area (Å²) in [6.07, 6.45) is 1.65. The van der Waals surface area contributed by atoms with Gasteiger partial charge in [-0.1, -0.05) is 24.3 Å². The second kappa shape index (κ2) is 8.31. The van der Waals surface area contributed by atoms with E-state index in [1.807, 2.05) is 18.2 Å². The number of carboxylic acid groups (broad SMARTS) is 1. The van der Waals surface area contributed by atoms with Gasteiger partial charge in [-0.3, -0.25) is 4.79 Å². The number of ether oxygens (including phenoxy) is 2. The second-order valence-corrected chi connectivity index (χ2v) is 6.45. The highest BCUT2D eigenvalue weighted by molar-refractivity contribution is 6.03. The van der Waals surface area contributed by atoms with Crippen molar-refractivity contribution in [2.45, 2.75) is 13.8 Å². The van der Waals surface area contributed by atoms with Crippen LogP contribution in [0.2, 0.25) is 0 Å². The van der Waals surface area contributed by atoms with E-state index in [1.165, 1.54) is 7.11 Å². The molecule has 27 heavy (non-hydrogen) atoms. The molecule has 8 heteroatoms. The van der Waals surface area contributed by atoms with Crippen LogP contribution in [0.25, 0.3) is 11.1 Å².